The number of carbonyl (C=O) groups is 1. The maximum absolute atomic E-state index is 13.5. The molecule has 2 heterocycles. The second-order valence-corrected chi connectivity index (χ2v) is 9.32. The fourth-order valence-electron chi connectivity index (χ4n) is 4.27. The summed E-state index contributed by atoms with van der Waals surface area (Å²) in [6, 6.07) is 7.08. The van der Waals surface area contributed by atoms with E-state index in [0.717, 1.165) is 29.9 Å². The Morgan fingerprint density at radius 3 is 2.56 bits per heavy atom. The molecule has 170 valence electrons. The van der Waals surface area contributed by atoms with E-state index >= 15 is 0 Å². The maximum Gasteiger partial charge on any atom is 0.410 e. The predicted octanol–water partition coefficient (Wildman–Crippen LogP) is 5.32. The topological polar surface area (TPSA) is 59.4 Å². The van der Waals surface area contributed by atoms with Gasteiger partial charge in [-0.1, -0.05) is 0 Å². The van der Waals surface area contributed by atoms with Crippen molar-refractivity contribution in [2.75, 3.05) is 12.4 Å². The third-order valence-corrected chi connectivity index (χ3v) is 5.79. The smallest absolute Gasteiger partial charge is 0.410 e. The third kappa shape index (κ3) is 4.40. The maximum atomic E-state index is 13.5. The van der Waals surface area contributed by atoms with Gasteiger partial charge >= 0.3 is 6.09 Å². The van der Waals surface area contributed by atoms with E-state index in [4.69, 9.17) is 4.74 Å². The number of hydrogen-bond acceptors (Lipinski definition) is 4. The number of aromatic nitrogens is 2. The van der Waals surface area contributed by atoms with Crippen LogP contribution in [-0.4, -0.2) is 39.2 Å². The van der Waals surface area contributed by atoms with Gasteiger partial charge in [0.2, 0.25) is 0 Å². The lowest BCUT2D eigenvalue weighted by Gasteiger charge is -2.33. The second kappa shape index (κ2) is 8.07. The summed E-state index contributed by atoms with van der Waals surface area (Å²) in [6.45, 7) is 5.58. The molecule has 3 aromatic rings. The molecule has 1 aliphatic rings. The van der Waals surface area contributed by atoms with Crippen molar-refractivity contribution in [2.45, 2.75) is 51.7 Å². The summed E-state index contributed by atoms with van der Waals surface area (Å²) in [5.41, 5.74) is 2.91. The lowest BCUT2D eigenvalue weighted by atomic mass is 9.91. The Kier molecular flexibility index (Phi) is 5.56. The number of benzene rings is 1. The van der Waals surface area contributed by atoms with Crippen LogP contribution in [0.3, 0.4) is 0 Å². The van der Waals surface area contributed by atoms with Gasteiger partial charge in [-0.2, -0.15) is 0 Å². The number of amides is 1. The fourth-order valence-corrected chi connectivity index (χ4v) is 4.27. The van der Waals surface area contributed by atoms with Crippen LogP contribution < -0.4 is 5.32 Å². The van der Waals surface area contributed by atoms with E-state index in [1.54, 1.807) is 18.0 Å². The molecule has 4 rings (SSSR count). The summed E-state index contributed by atoms with van der Waals surface area (Å²) < 4.78 is 34.6. The summed E-state index contributed by atoms with van der Waals surface area (Å²) in [5, 5.41) is 3.99. The molecule has 0 saturated carbocycles. The zero-order valence-corrected chi connectivity index (χ0v) is 19.0. The van der Waals surface area contributed by atoms with E-state index in [1.165, 1.54) is 23.4 Å². The molecule has 8 heteroatoms. The highest BCUT2D eigenvalue weighted by atomic mass is 19.1. The molecule has 2 aromatic heterocycles. The lowest BCUT2D eigenvalue weighted by Crippen LogP contribution is -2.43. The lowest BCUT2D eigenvalue weighted by molar-refractivity contribution is 0.0210. The molecular weight excluding hydrogens is 414 g/mol. The van der Waals surface area contributed by atoms with Crippen LogP contribution in [0.1, 0.15) is 38.4 Å². The first-order valence-corrected chi connectivity index (χ1v) is 10.7. The van der Waals surface area contributed by atoms with Crippen LogP contribution in [0.4, 0.5) is 25.1 Å². The van der Waals surface area contributed by atoms with Crippen molar-refractivity contribution in [3.63, 3.8) is 0 Å². The summed E-state index contributed by atoms with van der Waals surface area (Å²) in [7, 11) is 3.75. The van der Waals surface area contributed by atoms with Crippen molar-refractivity contribution in [1.29, 1.82) is 0 Å². The summed E-state index contributed by atoms with van der Waals surface area (Å²) in [6.07, 6.45) is 2.04. The van der Waals surface area contributed by atoms with Gasteiger partial charge in [0.1, 0.15) is 28.7 Å². The van der Waals surface area contributed by atoms with Gasteiger partial charge in [0.25, 0.3) is 0 Å². The van der Waals surface area contributed by atoms with Crippen molar-refractivity contribution in [3.05, 3.63) is 53.2 Å². The van der Waals surface area contributed by atoms with Gasteiger partial charge in [0.05, 0.1) is 0 Å². The standard InChI is InChI=1S/C24H28F2N4O2/c1-24(2,3)32-23(31)29(4)17-6-8-20-19(13-17)18-7-9-21(28-22(18)30(20)5)27-16-11-14(25)10-15(26)12-16/h7,9-12,17H,6,8,13H2,1-5H3,(H,27,28). The largest absolute Gasteiger partial charge is 0.444 e. The number of halogens is 2. The molecule has 1 unspecified atom stereocenters. The highest BCUT2D eigenvalue weighted by molar-refractivity contribution is 5.84. The molecule has 32 heavy (non-hydrogen) atoms. The Balaban J connectivity index is 1.60. The fraction of sp³-hybridized carbons (Fsp3) is 0.417. The number of nitrogens with one attached hydrogen (secondary N) is 1. The molecule has 1 N–H and O–H groups in total. The average molecular weight is 443 g/mol. The predicted molar refractivity (Wildman–Crippen MR) is 120 cm³/mol. The molecule has 0 fully saturated rings. The Hall–Kier alpha value is -3.16. The number of ether oxygens (including phenoxy) is 1. The van der Waals surface area contributed by atoms with Crippen LogP contribution >= 0.6 is 0 Å². The monoisotopic (exact) mass is 442 g/mol. The average Bonchev–Trinajstić information content (AvgIpc) is 2.97. The van der Waals surface area contributed by atoms with Crippen LogP contribution in [0, 0.1) is 11.6 Å². The van der Waals surface area contributed by atoms with Crippen LogP contribution in [0.25, 0.3) is 11.0 Å². The number of carbonyl (C=O) groups excluding carboxylic acids is 1. The van der Waals surface area contributed by atoms with Gasteiger partial charge in [-0.05, 0) is 69.9 Å². The van der Waals surface area contributed by atoms with Crippen molar-refractivity contribution < 1.29 is 18.3 Å². The minimum Gasteiger partial charge on any atom is -0.444 e. The molecule has 0 aliphatic heterocycles. The highest BCUT2D eigenvalue weighted by Crippen LogP contribution is 2.33. The van der Waals surface area contributed by atoms with Crippen molar-refractivity contribution in [3.8, 4) is 0 Å². The van der Waals surface area contributed by atoms with Gasteiger partial charge < -0.3 is 19.5 Å². The number of fused-ring (bicyclic) bond motifs is 3. The van der Waals surface area contributed by atoms with E-state index in [-0.39, 0.29) is 12.1 Å². The minimum atomic E-state index is -0.650. The number of nitrogens with zero attached hydrogens (tertiary/aromatic N) is 3. The quantitative estimate of drug-likeness (QED) is 0.597. The Labute approximate surface area is 186 Å². The van der Waals surface area contributed by atoms with Crippen molar-refractivity contribution in [1.82, 2.24) is 14.5 Å². The van der Waals surface area contributed by atoms with E-state index < -0.39 is 17.2 Å². The third-order valence-electron chi connectivity index (χ3n) is 5.79. The first-order chi connectivity index (χ1) is 15.0. The molecule has 6 nitrogen and oxygen atoms in total. The molecule has 0 radical (unpaired) electrons. The number of aryl methyl sites for hydroxylation is 1. The number of anilines is 2. The molecule has 0 bridgehead atoms. The first kappa shape index (κ1) is 22.0. The van der Waals surface area contributed by atoms with Gasteiger partial charge in [-0.3, -0.25) is 0 Å². The van der Waals surface area contributed by atoms with Gasteiger partial charge in [0, 0.05) is 43.0 Å². The molecule has 1 aromatic carbocycles. The van der Waals surface area contributed by atoms with Gasteiger partial charge in [0.15, 0.2) is 0 Å². The van der Waals surface area contributed by atoms with Crippen molar-refractivity contribution in [2.24, 2.45) is 7.05 Å². The molecule has 0 saturated heterocycles. The molecule has 1 amide bonds. The number of pyridine rings is 1. The molecule has 1 aliphatic carbocycles. The van der Waals surface area contributed by atoms with E-state index in [9.17, 15) is 13.6 Å². The number of likely N-dealkylation sites (N-methyl/N-ethyl adjacent to an activating group) is 1. The summed E-state index contributed by atoms with van der Waals surface area (Å²) in [5.74, 6) is -0.797. The highest BCUT2D eigenvalue weighted by Gasteiger charge is 2.31. The Bertz CT molecular complexity index is 1160. The van der Waals surface area contributed by atoms with Crippen LogP contribution in [-0.2, 0) is 24.6 Å². The van der Waals surface area contributed by atoms with E-state index in [2.05, 4.69) is 14.9 Å². The second-order valence-electron chi connectivity index (χ2n) is 9.32. The number of hydrogen-bond donors (Lipinski definition) is 1. The molecule has 1 atom stereocenters. The molecular formula is C24H28F2N4O2. The zero-order chi connectivity index (χ0) is 23.2. The first-order valence-electron chi connectivity index (χ1n) is 10.7. The SMILES string of the molecule is CN(C(=O)OC(C)(C)C)C1CCc2c(c3ccc(Nc4cc(F)cc(F)c4)nc3n2C)C1. The van der Waals surface area contributed by atoms with Gasteiger partial charge in [-0.25, -0.2) is 18.6 Å². The Morgan fingerprint density at radius 2 is 1.91 bits per heavy atom. The van der Waals surface area contributed by atoms with E-state index in [1.807, 2.05) is 33.9 Å². The summed E-state index contributed by atoms with van der Waals surface area (Å²) in [4.78, 5) is 18.9. The number of rotatable bonds is 3. The van der Waals surface area contributed by atoms with E-state index in [0.29, 0.717) is 17.9 Å². The van der Waals surface area contributed by atoms with Gasteiger partial charge in [-0.15, -0.1) is 0 Å². The van der Waals surface area contributed by atoms with Crippen LogP contribution in [0.15, 0.2) is 30.3 Å². The van der Waals surface area contributed by atoms with Crippen LogP contribution in [0.5, 0.6) is 0 Å². The van der Waals surface area contributed by atoms with Crippen LogP contribution in [0.2, 0.25) is 0 Å². The van der Waals surface area contributed by atoms with Crippen molar-refractivity contribution >= 4 is 28.6 Å². The minimum absolute atomic E-state index is 0.0380. The summed E-state index contributed by atoms with van der Waals surface area (Å²) >= 11 is 0. The zero-order valence-electron chi connectivity index (χ0n) is 19.0. The normalized spacial score (nSPS) is 16.0. The Morgan fingerprint density at radius 1 is 1.22 bits per heavy atom. The molecule has 0 spiro atoms.